The molecule has 1 aliphatic rings. The predicted molar refractivity (Wildman–Crippen MR) is 185 cm³/mol. The summed E-state index contributed by atoms with van der Waals surface area (Å²) >= 11 is 0. The zero-order chi connectivity index (χ0) is 33.3. The molecule has 5 aromatic rings. The van der Waals surface area contributed by atoms with Crippen molar-refractivity contribution >= 4 is 28.9 Å². The van der Waals surface area contributed by atoms with Crippen LogP contribution in [0.15, 0.2) is 109 Å². The Labute approximate surface area is 279 Å². The number of fused-ring (bicyclic) bond motifs is 4. The number of hydrogen-bond acceptors (Lipinski definition) is 6. The maximum atomic E-state index is 13.8. The number of alkyl carbamates (subject to hydrolysis) is 1. The number of carbonyl (C=O) groups excluding carboxylic acids is 3. The average molecular weight is 645 g/mol. The van der Waals surface area contributed by atoms with Gasteiger partial charge < -0.3 is 30.8 Å². The molecule has 2 unspecified atom stereocenters. The maximum Gasteiger partial charge on any atom is 0.407 e. The van der Waals surface area contributed by atoms with Gasteiger partial charge in [0.1, 0.15) is 25.3 Å². The third-order valence-electron chi connectivity index (χ3n) is 8.82. The number of amides is 2. The fourth-order valence-electron chi connectivity index (χ4n) is 6.36. The molecule has 48 heavy (non-hydrogen) atoms. The fraction of sp³-hybridized carbons (Fsp3) is 0.256. The molecule has 1 heterocycles. The van der Waals surface area contributed by atoms with Gasteiger partial charge in [0, 0.05) is 29.4 Å². The smallest absolute Gasteiger partial charge is 0.407 e. The minimum Gasteiger partial charge on any atom is -0.459 e. The molecule has 246 valence electrons. The molecule has 0 radical (unpaired) electrons. The second-order valence-corrected chi connectivity index (χ2v) is 12.0. The Morgan fingerprint density at radius 1 is 0.750 bits per heavy atom. The highest BCUT2D eigenvalue weighted by molar-refractivity contribution is 5.91. The van der Waals surface area contributed by atoms with Gasteiger partial charge in [0.25, 0.3) is 0 Å². The zero-order valence-corrected chi connectivity index (χ0v) is 26.7. The number of nitrogens with one attached hydrogen (secondary N) is 3. The fourth-order valence-corrected chi connectivity index (χ4v) is 6.36. The van der Waals surface area contributed by atoms with Gasteiger partial charge in [0.05, 0.1) is 0 Å². The molecule has 1 aliphatic carbocycles. The van der Waals surface area contributed by atoms with E-state index in [-0.39, 0.29) is 25.6 Å². The van der Waals surface area contributed by atoms with Crippen LogP contribution in [0, 0.1) is 0 Å². The monoisotopic (exact) mass is 644 g/mol. The first kappa shape index (κ1) is 32.5. The number of aromatic amines is 1. The third kappa shape index (κ3) is 7.58. The summed E-state index contributed by atoms with van der Waals surface area (Å²) in [5.41, 5.74) is 12.8. The molecule has 9 heteroatoms. The van der Waals surface area contributed by atoms with Crippen LogP contribution in [-0.2, 0) is 32.1 Å². The van der Waals surface area contributed by atoms with Gasteiger partial charge in [-0.3, -0.25) is 4.79 Å². The summed E-state index contributed by atoms with van der Waals surface area (Å²) in [5, 5.41) is 6.60. The number of carbonyl (C=O) groups is 3. The van der Waals surface area contributed by atoms with Gasteiger partial charge >= 0.3 is 12.1 Å². The molecule has 0 bridgehead atoms. The largest absolute Gasteiger partial charge is 0.459 e. The topological polar surface area (TPSA) is 136 Å². The molecule has 4 aromatic carbocycles. The second-order valence-electron chi connectivity index (χ2n) is 12.0. The van der Waals surface area contributed by atoms with Crippen LogP contribution in [0.1, 0.15) is 47.4 Å². The highest BCUT2D eigenvalue weighted by Gasteiger charge is 2.31. The number of H-pyrrole nitrogens is 1. The Morgan fingerprint density at radius 2 is 1.42 bits per heavy atom. The van der Waals surface area contributed by atoms with Crippen molar-refractivity contribution < 1.29 is 23.9 Å². The van der Waals surface area contributed by atoms with Gasteiger partial charge in [0.2, 0.25) is 5.91 Å². The van der Waals surface area contributed by atoms with Crippen molar-refractivity contribution in [2.45, 2.75) is 50.3 Å². The molecule has 0 spiro atoms. The average Bonchev–Trinajstić information content (AvgIpc) is 3.68. The van der Waals surface area contributed by atoms with Crippen molar-refractivity contribution in [2.24, 2.45) is 5.73 Å². The summed E-state index contributed by atoms with van der Waals surface area (Å²) in [6.45, 7) is 0.637. The lowest BCUT2D eigenvalue weighted by Crippen LogP contribution is -2.52. The van der Waals surface area contributed by atoms with Crippen molar-refractivity contribution in [3.8, 4) is 11.1 Å². The molecule has 0 saturated heterocycles. The molecule has 2 atom stereocenters. The van der Waals surface area contributed by atoms with Crippen molar-refractivity contribution in [1.82, 2.24) is 15.6 Å². The number of hydrogen-bond donors (Lipinski definition) is 4. The minimum atomic E-state index is -0.998. The van der Waals surface area contributed by atoms with Gasteiger partial charge in [-0.1, -0.05) is 97.1 Å². The molecular formula is C39H40N4O5. The predicted octanol–water partition coefficient (Wildman–Crippen LogP) is 5.97. The van der Waals surface area contributed by atoms with Crippen LogP contribution >= 0.6 is 0 Å². The van der Waals surface area contributed by atoms with Crippen LogP contribution in [0.3, 0.4) is 0 Å². The molecule has 0 aliphatic heterocycles. The van der Waals surface area contributed by atoms with Crippen LogP contribution in [0.5, 0.6) is 0 Å². The number of benzene rings is 4. The molecule has 5 N–H and O–H groups in total. The Balaban J connectivity index is 1.15. The number of para-hydroxylation sites is 1. The van der Waals surface area contributed by atoms with E-state index in [2.05, 4.69) is 39.9 Å². The number of esters is 1. The Morgan fingerprint density at radius 3 is 2.15 bits per heavy atom. The van der Waals surface area contributed by atoms with Crippen molar-refractivity contribution in [2.75, 3.05) is 13.2 Å². The van der Waals surface area contributed by atoms with Crippen LogP contribution in [0.2, 0.25) is 0 Å². The van der Waals surface area contributed by atoms with E-state index < -0.39 is 30.1 Å². The van der Waals surface area contributed by atoms with E-state index in [1.165, 1.54) is 0 Å². The van der Waals surface area contributed by atoms with Crippen LogP contribution in [0.25, 0.3) is 22.0 Å². The first-order chi connectivity index (χ1) is 23.5. The van der Waals surface area contributed by atoms with E-state index in [0.717, 1.165) is 44.3 Å². The van der Waals surface area contributed by atoms with Crippen LogP contribution < -0.4 is 16.4 Å². The second kappa shape index (κ2) is 15.5. The van der Waals surface area contributed by atoms with E-state index in [1.807, 2.05) is 85.1 Å². The summed E-state index contributed by atoms with van der Waals surface area (Å²) in [5.74, 6) is -1.19. The molecule has 6 rings (SSSR count). The third-order valence-corrected chi connectivity index (χ3v) is 8.82. The molecule has 9 nitrogen and oxygen atoms in total. The Kier molecular flexibility index (Phi) is 10.5. The quantitative estimate of drug-likeness (QED) is 0.0869. The zero-order valence-electron chi connectivity index (χ0n) is 26.7. The highest BCUT2D eigenvalue weighted by Crippen LogP contribution is 2.44. The van der Waals surface area contributed by atoms with E-state index >= 15 is 0 Å². The first-order valence-corrected chi connectivity index (χ1v) is 16.4. The Hall–Kier alpha value is -5.41. The summed E-state index contributed by atoms with van der Waals surface area (Å²) in [4.78, 5) is 43.8. The lowest BCUT2D eigenvalue weighted by Gasteiger charge is -2.23. The van der Waals surface area contributed by atoms with Gasteiger partial charge in [-0.25, -0.2) is 9.59 Å². The van der Waals surface area contributed by atoms with E-state index in [9.17, 15) is 14.4 Å². The van der Waals surface area contributed by atoms with E-state index in [1.54, 1.807) is 0 Å². The summed E-state index contributed by atoms with van der Waals surface area (Å²) in [6.07, 6.45) is 2.93. The van der Waals surface area contributed by atoms with E-state index in [0.29, 0.717) is 25.8 Å². The number of unbranched alkanes of at least 4 members (excludes halogenated alkanes) is 1. The minimum absolute atomic E-state index is 0.0673. The highest BCUT2D eigenvalue weighted by atomic mass is 16.5. The molecule has 1 aromatic heterocycles. The van der Waals surface area contributed by atoms with Crippen molar-refractivity contribution in [3.05, 3.63) is 132 Å². The van der Waals surface area contributed by atoms with Gasteiger partial charge in [-0.05, 0) is 65.3 Å². The number of ether oxygens (including phenoxy) is 2. The summed E-state index contributed by atoms with van der Waals surface area (Å²) < 4.78 is 11.4. The standard InChI is InChI=1S/C39H40N4O5/c40-21-11-10-20-35(43-39(46)48-25-33-31-17-6-4-15-29(31)30-16-5-7-18-32(30)33)37(44)42-36(38(45)47-24-26-12-2-1-3-13-26)22-27-23-41-34-19-9-8-14-28(27)34/h1-9,12-19,23,33,35-36,41H,10-11,20-22,24-25,40H2,(H,42,44)(H,43,46). The van der Waals surface area contributed by atoms with Gasteiger partial charge in [-0.15, -0.1) is 0 Å². The van der Waals surface area contributed by atoms with Crippen LogP contribution in [0.4, 0.5) is 4.79 Å². The normalized spacial score (nSPS) is 13.3. The lowest BCUT2D eigenvalue weighted by atomic mass is 9.98. The van der Waals surface area contributed by atoms with Crippen molar-refractivity contribution in [1.29, 1.82) is 0 Å². The maximum absolute atomic E-state index is 13.8. The van der Waals surface area contributed by atoms with Crippen LogP contribution in [-0.4, -0.2) is 48.2 Å². The number of rotatable bonds is 14. The van der Waals surface area contributed by atoms with Gasteiger partial charge in [-0.2, -0.15) is 0 Å². The van der Waals surface area contributed by atoms with Crippen molar-refractivity contribution in [3.63, 3.8) is 0 Å². The summed E-state index contributed by atoms with van der Waals surface area (Å²) in [7, 11) is 0. The lowest BCUT2D eigenvalue weighted by molar-refractivity contribution is -0.149. The SMILES string of the molecule is NCCCCC(NC(=O)OCC1c2ccccc2-c2ccccc21)C(=O)NC(Cc1c[nH]c2ccccc12)C(=O)OCc1ccccc1. The first-order valence-electron chi connectivity index (χ1n) is 16.4. The Bertz CT molecular complexity index is 1830. The molecule has 2 amide bonds. The number of aromatic nitrogens is 1. The van der Waals surface area contributed by atoms with Gasteiger partial charge in [0.15, 0.2) is 0 Å². The molecule has 0 saturated carbocycles. The number of nitrogens with two attached hydrogens (primary N) is 1. The summed E-state index contributed by atoms with van der Waals surface area (Å²) in [6, 6.07) is 31.4. The molecule has 0 fully saturated rings. The van der Waals surface area contributed by atoms with E-state index in [4.69, 9.17) is 15.2 Å². The molecular weight excluding hydrogens is 604 g/mol.